The van der Waals surface area contributed by atoms with Gasteiger partial charge in [-0.25, -0.2) is 0 Å². The molecule has 0 aliphatic rings. The van der Waals surface area contributed by atoms with Crippen molar-refractivity contribution in [3.05, 3.63) is 54.1 Å². The van der Waals surface area contributed by atoms with Crippen LogP contribution in [0.1, 0.15) is 5.56 Å². The molecule has 2 aromatic carbocycles. The van der Waals surface area contributed by atoms with E-state index in [0.29, 0.717) is 18.1 Å². The lowest BCUT2D eigenvalue weighted by Gasteiger charge is -2.00. The van der Waals surface area contributed by atoms with Crippen molar-refractivity contribution < 1.29 is 9.52 Å². The number of anilines is 1. The van der Waals surface area contributed by atoms with Gasteiger partial charge in [-0.15, -0.1) is 0 Å². The Hall–Kier alpha value is -2.49. The molecule has 0 amide bonds. The summed E-state index contributed by atoms with van der Waals surface area (Å²) in [5, 5.41) is 12.4. The van der Waals surface area contributed by atoms with Crippen LogP contribution in [0.3, 0.4) is 0 Å². The molecule has 1 heterocycles. The number of phenolic OH excluding ortho intramolecular Hbond substituents is 1. The minimum atomic E-state index is 0.174. The summed E-state index contributed by atoms with van der Waals surface area (Å²) in [6.45, 7) is 0.652. The number of benzene rings is 2. The third-order valence-electron chi connectivity index (χ3n) is 2.66. The minimum absolute atomic E-state index is 0.174. The first kappa shape index (κ1) is 10.7. The Bertz CT molecular complexity index is 662. The standard InChI is InChI=1S/C14H12N2O2/c17-11-6-7-12-13(8-11)18-14(16-12)15-9-10-4-2-1-3-5-10/h1-8,17H,9H2,(H,15,16). The van der Waals surface area contributed by atoms with Crippen LogP contribution in [0.25, 0.3) is 11.1 Å². The molecule has 0 saturated heterocycles. The highest BCUT2D eigenvalue weighted by molar-refractivity contribution is 5.75. The van der Waals surface area contributed by atoms with Crippen LogP contribution in [0, 0.1) is 0 Å². The molecule has 90 valence electrons. The van der Waals surface area contributed by atoms with Gasteiger partial charge in [0.15, 0.2) is 5.58 Å². The van der Waals surface area contributed by atoms with Gasteiger partial charge in [0, 0.05) is 12.6 Å². The zero-order valence-corrected chi connectivity index (χ0v) is 9.63. The quantitative estimate of drug-likeness (QED) is 0.738. The van der Waals surface area contributed by atoms with Gasteiger partial charge >= 0.3 is 0 Å². The Kier molecular flexibility index (Phi) is 2.61. The summed E-state index contributed by atoms with van der Waals surface area (Å²) in [6.07, 6.45) is 0. The van der Waals surface area contributed by atoms with E-state index in [0.717, 1.165) is 11.1 Å². The molecule has 18 heavy (non-hydrogen) atoms. The molecule has 3 rings (SSSR count). The topological polar surface area (TPSA) is 58.3 Å². The number of rotatable bonds is 3. The third kappa shape index (κ3) is 2.13. The van der Waals surface area contributed by atoms with Crippen LogP contribution in [0.5, 0.6) is 5.75 Å². The largest absolute Gasteiger partial charge is 0.508 e. The fourth-order valence-corrected chi connectivity index (χ4v) is 1.76. The number of fused-ring (bicyclic) bond motifs is 1. The van der Waals surface area contributed by atoms with Crippen LogP contribution < -0.4 is 5.32 Å². The lowest BCUT2D eigenvalue weighted by atomic mass is 10.2. The lowest BCUT2D eigenvalue weighted by molar-refractivity contribution is 0.474. The van der Waals surface area contributed by atoms with Crippen molar-refractivity contribution in [3.8, 4) is 5.75 Å². The Labute approximate surface area is 104 Å². The van der Waals surface area contributed by atoms with Crippen LogP contribution in [0.2, 0.25) is 0 Å². The van der Waals surface area contributed by atoms with Gasteiger partial charge < -0.3 is 14.8 Å². The molecule has 0 fully saturated rings. The number of oxazole rings is 1. The van der Waals surface area contributed by atoms with Crippen molar-refractivity contribution in [2.75, 3.05) is 5.32 Å². The monoisotopic (exact) mass is 240 g/mol. The van der Waals surface area contributed by atoms with E-state index in [9.17, 15) is 5.11 Å². The fourth-order valence-electron chi connectivity index (χ4n) is 1.76. The second kappa shape index (κ2) is 4.41. The van der Waals surface area contributed by atoms with E-state index in [-0.39, 0.29) is 5.75 Å². The normalized spacial score (nSPS) is 10.7. The number of aromatic nitrogens is 1. The van der Waals surface area contributed by atoms with Crippen molar-refractivity contribution in [1.82, 2.24) is 4.98 Å². The number of hydrogen-bond acceptors (Lipinski definition) is 4. The molecule has 4 heteroatoms. The van der Waals surface area contributed by atoms with Gasteiger partial charge in [-0.05, 0) is 17.7 Å². The number of hydrogen-bond donors (Lipinski definition) is 2. The average Bonchev–Trinajstić information content (AvgIpc) is 2.79. The maximum absolute atomic E-state index is 9.34. The van der Waals surface area contributed by atoms with E-state index in [1.54, 1.807) is 18.2 Å². The Morgan fingerprint density at radius 3 is 2.78 bits per heavy atom. The van der Waals surface area contributed by atoms with E-state index in [4.69, 9.17) is 4.42 Å². The van der Waals surface area contributed by atoms with Crippen LogP contribution in [0.4, 0.5) is 6.01 Å². The van der Waals surface area contributed by atoms with Crippen LogP contribution in [0.15, 0.2) is 52.9 Å². The average molecular weight is 240 g/mol. The van der Waals surface area contributed by atoms with Gasteiger partial charge in [0.05, 0.1) is 0 Å². The van der Waals surface area contributed by atoms with E-state index in [1.165, 1.54) is 0 Å². The first-order chi connectivity index (χ1) is 8.81. The molecular weight excluding hydrogens is 228 g/mol. The highest BCUT2D eigenvalue weighted by Gasteiger charge is 2.05. The van der Waals surface area contributed by atoms with E-state index < -0.39 is 0 Å². The maximum Gasteiger partial charge on any atom is 0.295 e. The van der Waals surface area contributed by atoms with Gasteiger partial charge in [-0.2, -0.15) is 4.98 Å². The molecule has 1 aromatic heterocycles. The summed E-state index contributed by atoms with van der Waals surface area (Å²) in [6, 6.07) is 15.3. The van der Waals surface area contributed by atoms with Gasteiger partial charge in [0.1, 0.15) is 11.3 Å². The molecule has 3 aromatic rings. The molecule has 0 saturated carbocycles. The molecule has 0 unspecified atom stereocenters. The smallest absolute Gasteiger partial charge is 0.295 e. The van der Waals surface area contributed by atoms with Crippen molar-refractivity contribution in [2.24, 2.45) is 0 Å². The molecule has 0 atom stereocenters. The van der Waals surface area contributed by atoms with Crippen LogP contribution >= 0.6 is 0 Å². The molecule has 2 N–H and O–H groups in total. The van der Waals surface area contributed by atoms with Crippen LogP contribution in [-0.2, 0) is 6.54 Å². The predicted molar refractivity (Wildman–Crippen MR) is 69.4 cm³/mol. The number of nitrogens with zero attached hydrogens (tertiary/aromatic N) is 1. The summed E-state index contributed by atoms with van der Waals surface area (Å²) in [7, 11) is 0. The number of nitrogens with one attached hydrogen (secondary N) is 1. The molecule has 0 aliphatic carbocycles. The van der Waals surface area contributed by atoms with E-state index in [2.05, 4.69) is 10.3 Å². The molecule has 0 radical (unpaired) electrons. The van der Waals surface area contributed by atoms with Crippen molar-refractivity contribution in [3.63, 3.8) is 0 Å². The zero-order valence-electron chi connectivity index (χ0n) is 9.63. The molecule has 0 aliphatic heterocycles. The summed E-state index contributed by atoms with van der Waals surface area (Å²) in [5.41, 5.74) is 2.46. The maximum atomic E-state index is 9.34. The third-order valence-corrected chi connectivity index (χ3v) is 2.66. The van der Waals surface area contributed by atoms with Gasteiger partial charge in [0.25, 0.3) is 6.01 Å². The number of aromatic hydroxyl groups is 1. The van der Waals surface area contributed by atoms with Crippen molar-refractivity contribution in [2.45, 2.75) is 6.54 Å². The molecular formula is C14H12N2O2. The Morgan fingerprint density at radius 2 is 1.94 bits per heavy atom. The fraction of sp³-hybridized carbons (Fsp3) is 0.0714. The first-order valence-corrected chi connectivity index (χ1v) is 5.68. The molecule has 0 bridgehead atoms. The Morgan fingerprint density at radius 1 is 1.11 bits per heavy atom. The van der Waals surface area contributed by atoms with Crippen molar-refractivity contribution in [1.29, 1.82) is 0 Å². The minimum Gasteiger partial charge on any atom is -0.508 e. The molecule has 4 nitrogen and oxygen atoms in total. The van der Waals surface area contributed by atoms with Gasteiger partial charge in [-0.1, -0.05) is 30.3 Å². The second-order valence-corrected chi connectivity index (χ2v) is 4.01. The van der Waals surface area contributed by atoms with Gasteiger partial charge in [0.2, 0.25) is 0 Å². The zero-order chi connectivity index (χ0) is 12.4. The van der Waals surface area contributed by atoms with Crippen molar-refractivity contribution >= 4 is 17.1 Å². The molecule has 0 spiro atoms. The summed E-state index contributed by atoms with van der Waals surface area (Å²) in [5.74, 6) is 0.174. The number of phenols is 1. The summed E-state index contributed by atoms with van der Waals surface area (Å²) >= 11 is 0. The highest BCUT2D eigenvalue weighted by atomic mass is 16.4. The van der Waals surface area contributed by atoms with E-state index in [1.807, 2.05) is 30.3 Å². The summed E-state index contributed by atoms with van der Waals surface area (Å²) in [4.78, 5) is 4.28. The highest BCUT2D eigenvalue weighted by Crippen LogP contribution is 2.23. The van der Waals surface area contributed by atoms with Crippen LogP contribution in [-0.4, -0.2) is 10.1 Å². The predicted octanol–water partition coefficient (Wildman–Crippen LogP) is 3.15. The second-order valence-electron chi connectivity index (χ2n) is 4.01. The van der Waals surface area contributed by atoms with Gasteiger partial charge in [-0.3, -0.25) is 0 Å². The first-order valence-electron chi connectivity index (χ1n) is 5.68. The van der Waals surface area contributed by atoms with E-state index >= 15 is 0 Å². The summed E-state index contributed by atoms with van der Waals surface area (Å²) < 4.78 is 5.49. The Balaban J connectivity index is 1.79. The SMILES string of the molecule is Oc1ccc2nc(NCc3ccccc3)oc2c1. The lowest BCUT2D eigenvalue weighted by Crippen LogP contribution is -1.98.